The number of aliphatic carboxylic acids is 1. The maximum atomic E-state index is 14.7. The van der Waals surface area contributed by atoms with E-state index >= 15 is 0 Å². The van der Waals surface area contributed by atoms with Crippen molar-refractivity contribution in [3.63, 3.8) is 0 Å². The fourth-order valence-electron chi connectivity index (χ4n) is 3.37. The normalized spacial score (nSPS) is 10.8. The standard InChI is InChI=1S/C24H20FN3O5S/c1-3-32-24(31)28(18-7-5-4-6-17(18)25)21-14(2)27-33-22(21)19-13-26-23(34-19)16-10-8-15(9-11-16)12-20(29)30/h4-11,13H,3,12H2,1-2H3,(H,29,30). The molecule has 4 rings (SSSR count). The molecule has 0 saturated carbocycles. The Morgan fingerprint density at radius 2 is 1.91 bits per heavy atom. The number of carboxylic acids is 1. The number of aryl methyl sites for hydroxylation is 1. The molecule has 0 spiro atoms. The van der Waals surface area contributed by atoms with E-state index in [4.69, 9.17) is 14.4 Å². The van der Waals surface area contributed by atoms with Crippen molar-refractivity contribution in [3.05, 3.63) is 71.8 Å². The van der Waals surface area contributed by atoms with E-state index in [0.717, 1.165) is 10.5 Å². The number of carboxylic acid groups (broad SMARTS) is 1. The first-order chi connectivity index (χ1) is 16.4. The number of thiazole rings is 1. The van der Waals surface area contributed by atoms with E-state index in [1.807, 2.05) is 0 Å². The molecule has 1 N–H and O–H groups in total. The Balaban J connectivity index is 1.74. The van der Waals surface area contributed by atoms with Gasteiger partial charge in [0, 0.05) is 11.8 Å². The smallest absolute Gasteiger partial charge is 0.419 e. The van der Waals surface area contributed by atoms with E-state index in [9.17, 15) is 14.0 Å². The van der Waals surface area contributed by atoms with Gasteiger partial charge in [0.1, 0.15) is 22.2 Å². The van der Waals surface area contributed by atoms with Gasteiger partial charge in [0.15, 0.2) is 0 Å². The van der Waals surface area contributed by atoms with Gasteiger partial charge in [0.25, 0.3) is 0 Å². The van der Waals surface area contributed by atoms with E-state index in [1.165, 1.54) is 29.5 Å². The number of para-hydroxylation sites is 1. The van der Waals surface area contributed by atoms with Crippen molar-refractivity contribution in [2.45, 2.75) is 20.3 Å². The van der Waals surface area contributed by atoms with Crippen LogP contribution in [0.3, 0.4) is 0 Å². The molecule has 0 fully saturated rings. The van der Waals surface area contributed by atoms with Gasteiger partial charge in [0.05, 0.1) is 23.6 Å². The lowest BCUT2D eigenvalue weighted by Crippen LogP contribution is -2.28. The number of hydrogen-bond acceptors (Lipinski definition) is 7. The van der Waals surface area contributed by atoms with Gasteiger partial charge < -0.3 is 14.4 Å². The Morgan fingerprint density at radius 1 is 1.18 bits per heavy atom. The first-order valence-corrected chi connectivity index (χ1v) is 11.2. The fourth-order valence-corrected chi connectivity index (χ4v) is 4.27. The molecule has 8 nitrogen and oxygen atoms in total. The lowest BCUT2D eigenvalue weighted by atomic mass is 10.1. The highest BCUT2D eigenvalue weighted by Crippen LogP contribution is 2.42. The van der Waals surface area contributed by atoms with Crippen LogP contribution < -0.4 is 4.90 Å². The maximum absolute atomic E-state index is 14.7. The molecule has 0 radical (unpaired) electrons. The van der Waals surface area contributed by atoms with Gasteiger partial charge in [-0.25, -0.2) is 19.1 Å². The summed E-state index contributed by atoms with van der Waals surface area (Å²) in [5, 5.41) is 13.6. The zero-order chi connectivity index (χ0) is 24.2. The number of carbonyl (C=O) groups excluding carboxylic acids is 1. The molecule has 0 saturated heterocycles. The fraction of sp³-hybridized carbons (Fsp3) is 0.167. The molecule has 2 aromatic heterocycles. The molecule has 0 aliphatic rings. The minimum atomic E-state index is -0.904. The summed E-state index contributed by atoms with van der Waals surface area (Å²) in [6.07, 6.45) is 0.752. The van der Waals surface area contributed by atoms with Gasteiger partial charge in [-0.05, 0) is 31.5 Å². The number of ether oxygens (including phenoxy) is 1. The van der Waals surface area contributed by atoms with Gasteiger partial charge in [-0.1, -0.05) is 41.6 Å². The van der Waals surface area contributed by atoms with E-state index in [2.05, 4.69) is 10.1 Å². The number of halogens is 1. The number of amides is 1. The van der Waals surface area contributed by atoms with Gasteiger partial charge in [-0.3, -0.25) is 4.79 Å². The summed E-state index contributed by atoms with van der Waals surface area (Å²) in [6, 6.07) is 12.9. The van der Waals surface area contributed by atoms with Crippen molar-refractivity contribution >= 4 is 34.8 Å². The van der Waals surface area contributed by atoms with E-state index in [1.54, 1.807) is 50.4 Å². The summed E-state index contributed by atoms with van der Waals surface area (Å²) >= 11 is 1.29. The monoisotopic (exact) mass is 481 g/mol. The Labute approximate surface area is 198 Å². The topological polar surface area (TPSA) is 106 Å². The average molecular weight is 482 g/mol. The second-order valence-electron chi connectivity index (χ2n) is 7.23. The molecule has 34 heavy (non-hydrogen) atoms. The lowest BCUT2D eigenvalue weighted by molar-refractivity contribution is -0.136. The lowest BCUT2D eigenvalue weighted by Gasteiger charge is -2.22. The summed E-state index contributed by atoms with van der Waals surface area (Å²) < 4.78 is 25.4. The maximum Gasteiger partial charge on any atom is 0.419 e. The van der Waals surface area contributed by atoms with Gasteiger partial charge in [0.2, 0.25) is 5.76 Å². The third-order valence-electron chi connectivity index (χ3n) is 4.88. The Bertz CT molecular complexity index is 1330. The third kappa shape index (κ3) is 4.67. The van der Waals surface area contributed by atoms with Crippen molar-refractivity contribution in [2.75, 3.05) is 11.5 Å². The van der Waals surface area contributed by atoms with Gasteiger partial charge in [-0.15, -0.1) is 11.3 Å². The van der Waals surface area contributed by atoms with Crippen LogP contribution in [0.2, 0.25) is 0 Å². The second kappa shape index (κ2) is 9.84. The summed E-state index contributed by atoms with van der Waals surface area (Å²) in [5.74, 6) is -1.26. The minimum absolute atomic E-state index is 0.00672. The molecular formula is C24H20FN3O5S. The van der Waals surface area contributed by atoms with Crippen LogP contribution in [0, 0.1) is 12.7 Å². The average Bonchev–Trinajstić information content (AvgIpc) is 3.43. The van der Waals surface area contributed by atoms with Crippen molar-refractivity contribution < 1.29 is 28.3 Å². The molecule has 2 aromatic carbocycles. The zero-order valence-electron chi connectivity index (χ0n) is 18.3. The summed E-state index contributed by atoms with van der Waals surface area (Å²) in [5.41, 5.74) is 2.11. The molecule has 0 aliphatic carbocycles. The molecular weight excluding hydrogens is 461 g/mol. The molecule has 0 unspecified atom stereocenters. The van der Waals surface area contributed by atoms with Crippen LogP contribution in [0.15, 0.2) is 59.3 Å². The first-order valence-electron chi connectivity index (χ1n) is 10.3. The number of anilines is 2. The first kappa shape index (κ1) is 23.1. The number of rotatable bonds is 7. The Morgan fingerprint density at radius 3 is 2.59 bits per heavy atom. The predicted octanol–water partition coefficient (Wildman–Crippen LogP) is 5.83. The largest absolute Gasteiger partial charge is 0.481 e. The molecule has 10 heteroatoms. The van der Waals surface area contributed by atoms with Crippen LogP contribution in [0.25, 0.3) is 21.2 Å². The quantitative estimate of drug-likeness (QED) is 0.354. The van der Waals surface area contributed by atoms with Crippen LogP contribution in [0.4, 0.5) is 20.6 Å². The van der Waals surface area contributed by atoms with Crippen molar-refractivity contribution in [3.8, 4) is 21.2 Å². The molecule has 0 atom stereocenters. The van der Waals surface area contributed by atoms with Crippen LogP contribution in [-0.2, 0) is 16.0 Å². The summed E-state index contributed by atoms with van der Waals surface area (Å²) in [7, 11) is 0. The van der Waals surface area contributed by atoms with E-state index < -0.39 is 17.9 Å². The molecule has 0 aliphatic heterocycles. The molecule has 174 valence electrons. The predicted molar refractivity (Wildman–Crippen MR) is 125 cm³/mol. The Hall–Kier alpha value is -4.05. The highest BCUT2D eigenvalue weighted by Gasteiger charge is 2.31. The molecule has 4 aromatic rings. The van der Waals surface area contributed by atoms with Crippen LogP contribution >= 0.6 is 11.3 Å². The van der Waals surface area contributed by atoms with Crippen LogP contribution in [0.5, 0.6) is 0 Å². The van der Waals surface area contributed by atoms with Gasteiger partial charge in [-0.2, -0.15) is 0 Å². The van der Waals surface area contributed by atoms with Crippen molar-refractivity contribution in [1.29, 1.82) is 0 Å². The van der Waals surface area contributed by atoms with Crippen molar-refractivity contribution in [2.24, 2.45) is 0 Å². The highest BCUT2D eigenvalue weighted by atomic mass is 32.1. The third-order valence-corrected chi connectivity index (χ3v) is 5.93. The van der Waals surface area contributed by atoms with E-state index in [0.29, 0.717) is 21.1 Å². The second-order valence-corrected chi connectivity index (χ2v) is 8.26. The molecule has 0 bridgehead atoms. The number of carbonyl (C=O) groups is 2. The number of aromatic nitrogens is 2. The molecule has 2 heterocycles. The number of nitrogens with zero attached hydrogens (tertiary/aromatic N) is 3. The van der Waals surface area contributed by atoms with E-state index in [-0.39, 0.29) is 30.2 Å². The summed E-state index contributed by atoms with van der Waals surface area (Å²) in [4.78, 5) is 29.9. The van der Waals surface area contributed by atoms with Crippen LogP contribution in [-0.4, -0.2) is 33.9 Å². The van der Waals surface area contributed by atoms with Gasteiger partial charge >= 0.3 is 12.1 Å². The number of benzene rings is 2. The molecule has 1 amide bonds. The highest BCUT2D eigenvalue weighted by molar-refractivity contribution is 7.18. The van der Waals surface area contributed by atoms with Crippen LogP contribution in [0.1, 0.15) is 18.2 Å². The SMILES string of the molecule is CCOC(=O)N(c1ccccc1F)c1c(C)noc1-c1cnc(-c2ccc(CC(=O)O)cc2)s1. The zero-order valence-corrected chi connectivity index (χ0v) is 19.1. The number of hydrogen-bond donors (Lipinski definition) is 1. The Kier molecular flexibility index (Phi) is 6.69. The van der Waals surface area contributed by atoms with Crippen molar-refractivity contribution in [1.82, 2.24) is 10.1 Å². The minimum Gasteiger partial charge on any atom is -0.481 e. The summed E-state index contributed by atoms with van der Waals surface area (Å²) in [6.45, 7) is 3.42.